The summed E-state index contributed by atoms with van der Waals surface area (Å²) in [6, 6.07) is 5.96. The Hall–Kier alpha value is -3.13. The van der Waals surface area contributed by atoms with E-state index < -0.39 is 31.2 Å². The number of halogens is 2. The van der Waals surface area contributed by atoms with Crippen molar-refractivity contribution in [1.29, 1.82) is 0 Å². The molecule has 0 radical (unpaired) electrons. The summed E-state index contributed by atoms with van der Waals surface area (Å²) in [6.07, 6.45) is -2.69. The molecule has 0 spiro atoms. The van der Waals surface area contributed by atoms with Gasteiger partial charge in [-0.3, -0.25) is 4.57 Å². The van der Waals surface area contributed by atoms with Gasteiger partial charge in [-0.25, -0.2) is 9.97 Å². The van der Waals surface area contributed by atoms with Crippen LogP contribution in [0.25, 0.3) is 11.2 Å². The smallest absolute Gasteiger partial charge is 0.387 e. The first-order chi connectivity index (χ1) is 15.9. The van der Waals surface area contributed by atoms with Crippen LogP contribution in [0.3, 0.4) is 0 Å². The van der Waals surface area contributed by atoms with Gasteiger partial charge in [-0.1, -0.05) is 12.1 Å². The first-order valence-electron chi connectivity index (χ1n) is 10.1. The summed E-state index contributed by atoms with van der Waals surface area (Å²) in [5.41, 5.74) is 1.22. The van der Waals surface area contributed by atoms with Crippen LogP contribution in [0.5, 0.6) is 11.6 Å². The van der Waals surface area contributed by atoms with Gasteiger partial charge in [-0.05, 0) is 24.6 Å². The highest BCUT2D eigenvalue weighted by Crippen LogP contribution is 2.35. The standard InChI is InChI=1S/C20H23F2N5O6/c1-10-14(29)15(30)18(32-10)27-16-13(26-20(27)23-6-7-28)17(25-9-24-16)31-8-11-2-4-12(5-3-11)33-19(21)22/h2-5,9-10,14-15,18-19,28-30H,6-8H2,1H3,(H,23,26)/t10-,14-,15-,18-/m1/s1. The van der Waals surface area contributed by atoms with E-state index in [-0.39, 0.29) is 48.5 Å². The van der Waals surface area contributed by atoms with Gasteiger partial charge < -0.3 is 34.8 Å². The summed E-state index contributed by atoms with van der Waals surface area (Å²) < 4.78 is 41.9. The zero-order valence-electron chi connectivity index (χ0n) is 17.5. The van der Waals surface area contributed by atoms with Crippen LogP contribution in [0.4, 0.5) is 14.7 Å². The molecule has 0 amide bonds. The average molecular weight is 467 g/mol. The maximum atomic E-state index is 12.3. The summed E-state index contributed by atoms with van der Waals surface area (Å²) >= 11 is 0. The molecule has 0 unspecified atom stereocenters. The molecule has 1 aliphatic rings. The van der Waals surface area contributed by atoms with Crippen molar-refractivity contribution < 1.29 is 38.3 Å². The van der Waals surface area contributed by atoms with Crippen LogP contribution in [-0.4, -0.2) is 72.9 Å². The Bertz CT molecular complexity index is 1080. The fourth-order valence-electron chi connectivity index (χ4n) is 3.49. The summed E-state index contributed by atoms with van der Waals surface area (Å²) in [4.78, 5) is 12.8. The van der Waals surface area contributed by atoms with Crippen LogP contribution in [0, 0.1) is 0 Å². The predicted molar refractivity (Wildman–Crippen MR) is 110 cm³/mol. The lowest BCUT2D eigenvalue weighted by molar-refractivity contribution is -0.0498. The fourth-order valence-corrected chi connectivity index (χ4v) is 3.49. The van der Waals surface area contributed by atoms with Crippen LogP contribution in [-0.2, 0) is 11.3 Å². The predicted octanol–water partition coefficient (Wildman–Crippen LogP) is 1.05. The van der Waals surface area contributed by atoms with Crippen LogP contribution in [0.1, 0.15) is 18.7 Å². The molecule has 13 heteroatoms. The van der Waals surface area contributed by atoms with Gasteiger partial charge in [0.25, 0.3) is 0 Å². The van der Waals surface area contributed by atoms with Crippen molar-refractivity contribution in [3.05, 3.63) is 36.2 Å². The molecule has 3 aromatic rings. The fraction of sp³-hybridized carbons (Fsp3) is 0.450. The van der Waals surface area contributed by atoms with E-state index in [9.17, 15) is 24.1 Å². The van der Waals surface area contributed by atoms with E-state index in [1.165, 1.54) is 23.0 Å². The van der Waals surface area contributed by atoms with Gasteiger partial charge in [0.05, 0.1) is 12.7 Å². The number of hydrogen-bond acceptors (Lipinski definition) is 10. The van der Waals surface area contributed by atoms with Crippen molar-refractivity contribution >= 4 is 17.1 Å². The molecule has 3 heterocycles. The minimum atomic E-state index is -2.91. The Morgan fingerprint density at radius 1 is 1.18 bits per heavy atom. The highest BCUT2D eigenvalue weighted by Gasteiger charge is 2.43. The van der Waals surface area contributed by atoms with Gasteiger partial charge >= 0.3 is 6.61 Å². The summed E-state index contributed by atoms with van der Waals surface area (Å²) in [5, 5.41) is 32.7. The van der Waals surface area contributed by atoms with Crippen molar-refractivity contribution in [2.45, 2.75) is 44.7 Å². The van der Waals surface area contributed by atoms with Gasteiger partial charge in [-0.15, -0.1) is 0 Å². The highest BCUT2D eigenvalue weighted by atomic mass is 19.3. The lowest BCUT2D eigenvalue weighted by atomic mass is 10.1. The largest absolute Gasteiger partial charge is 0.471 e. The molecule has 1 fully saturated rings. The molecule has 0 aliphatic carbocycles. The number of anilines is 1. The number of nitrogens with one attached hydrogen (secondary N) is 1. The molecule has 178 valence electrons. The second-order valence-electron chi connectivity index (χ2n) is 7.33. The SMILES string of the molecule is C[C@H]1O[C@@H](n2c(NCCO)nc3c(OCc4ccc(OC(F)F)cc4)ncnc32)[C@H](O)[C@@H]1O. The molecule has 4 atom stereocenters. The number of aliphatic hydroxyl groups excluding tert-OH is 3. The third-order valence-electron chi connectivity index (χ3n) is 5.09. The van der Waals surface area contributed by atoms with Crippen LogP contribution < -0.4 is 14.8 Å². The molecule has 0 bridgehead atoms. The zero-order chi connectivity index (χ0) is 23.5. The third-order valence-corrected chi connectivity index (χ3v) is 5.09. The summed E-state index contributed by atoms with van der Waals surface area (Å²) in [7, 11) is 0. The van der Waals surface area contributed by atoms with Crippen LogP contribution in [0.15, 0.2) is 30.6 Å². The van der Waals surface area contributed by atoms with Crippen LogP contribution in [0.2, 0.25) is 0 Å². The van der Waals surface area contributed by atoms with Crippen molar-refractivity contribution in [1.82, 2.24) is 19.5 Å². The monoisotopic (exact) mass is 467 g/mol. The van der Waals surface area contributed by atoms with Gasteiger partial charge in [0.15, 0.2) is 17.4 Å². The Morgan fingerprint density at radius 2 is 1.94 bits per heavy atom. The van der Waals surface area contributed by atoms with E-state index in [1.54, 1.807) is 19.1 Å². The number of ether oxygens (including phenoxy) is 3. The van der Waals surface area contributed by atoms with Crippen molar-refractivity contribution in [2.75, 3.05) is 18.5 Å². The summed E-state index contributed by atoms with van der Waals surface area (Å²) in [5.74, 6) is 0.408. The van der Waals surface area contributed by atoms with E-state index >= 15 is 0 Å². The molecule has 4 rings (SSSR count). The molecule has 2 aromatic heterocycles. The Morgan fingerprint density at radius 3 is 2.58 bits per heavy atom. The first-order valence-corrected chi connectivity index (χ1v) is 10.1. The lowest BCUT2D eigenvalue weighted by Crippen LogP contribution is -2.31. The van der Waals surface area contributed by atoms with Crippen molar-refractivity contribution in [2.24, 2.45) is 0 Å². The van der Waals surface area contributed by atoms with Gasteiger partial charge in [-0.2, -0.15) is 13.8 Å². The first kappa shape index (κ1) is 23.0. The quantitative estimate of drug-likeness (QED) is 0.360. The van der Waals surface area contributed by atoms with Gasteiger partial charge in [0.1, 0.15) is 30.9 Å². The maximum Gasteiger partial charge on any atom is 0.387 e. The molecule has 1 aromatic carbocycles. The van der Waals surface area contributed by atoms with E-state index in [1.807, 2.05) is 0 Å². The third kappa shape index (κ3) is 4.80. The second-order valence-corrected chi connectivity index (χ2v) is 7.33. The van der Waals surface area contributed by atoms with Crippen molar-refractivity contribution in [3.8, 4) is 11.6 Å². The zero-order valence-corrected chi connectivity index (χ0v) is 17.5. The number of alkyl halides is 2. The molecule has 0 saturated carbocycles. The van der Waals surface area contributed by atoms with Gasteiger partial charge in [0, 0.05) is 6.54 Å². The second kappa shape index (κ2) is 9.79. The van der Waals surface area contributed by atoms with E-state index in [0.717, 1.165) is 0 Å². The number of imidazole rings is 1. The molecule has 4 N–H and O–H groups in total. The van der Waals surface area contributed by atoms with Crippen molar-refractivity contribution in [3.63, 3.8) is 0 Å². The minimum absolute atomic E-state index is 0.0306. The topological polar surface area (TPSA) is 144 Å². The number of rotatable bonds is 9. The summed E-state index contributed by atoms with van der Waals surface area (Å²) in [6.45, 7) is -1.21. The Balaban J connectivity index is 1.61. The molecular weight excluding hydrogens is 444 g/mol. The minimum Gasteiger partial charge on any atom is -0.471 e. The Labute approximate surface area is 186 Å². The van der Waals surface area contributed by atoms with E-state index in [2.05, 4.69) is 25.0 Å². The number of aromatic nitrogens is 4. The van der Waals surface area contributed by atoms with E-state index in [4.69, 9.17) is 9.47 Å². The average Bonchev–Trinajstić information content (AvgIpc) is 3.29. The molecular formula is C20H23F2N5O6. The number of benzene rings is 1. The molecule has 1 saturated heterocycles. The number of fused-ring (bicyclic) bond motifs is 1. The molecule has 1 aliphatic heterocycles. The normalized spacial score (nSPS) is 22.8. The Kier molecular flexibility index (Phi) is 6.83. The van der Waals surface area contributed by atoms with E-state index in [0.29, 0.717) is 5.56 Å². The number of hydrogen-bond donors (Lipinski definition) is 4. The lowest BCUT2D eigenvalue weighted by Gasteiger charge is -2.19. The molecule has 11 nitrogen and oxygen atoms in total. The molecule has 33 heavy (non-hydrogen) atoms. The number of nitrogens with zero attached hydrogens (tertiary/aromatic N) is 4. The number of aliphatic hydroxyl groups is 3. The van der Waals surface area contributed by atoms with Gasteiger partial charge in [0.2, 0.25) is 11.8 Å². The van der Waals surface area contributed by atoms with Crippen LogP contribution >= 0.6 is 0 Å². The highest BCUT2D eigenvalue weighted by molar-refractivity contribution is 5.79. The maximum absolute atomic E-state index is 12.3.